The average Bonchev–Trinajstić information content (AvgIpc) is 3.13. The molecule has 36 heavy (non-hydrogen) atoms. The molecule has 2 aliphatic rings. The van der Waals surface area contributed by atoms with Crippen molar-refractivity contribution in [1.82, 2.24) is 15.5 Å². The lowest BCUT2D eigenvalue weighted by molar-refractivity contribution is -0.154. The Morgan fingerprint density at radius 3 is 2.53 bits per heavy atom. The first-order valence-electron chi connectivity index (χ1n) is 11.1. The summed E-state index contributed by atoms with van der Waals surface area (Å²) in [6.07, 6.45) is -4.31. The summed E-state index contributed by atoms with van der Waals surface area (Å²) < 4.78 is 71.5. The summed E-state index contributed by atoms with van der Waals surface area (Å²) in [5, 5.41) is 4.82. The normalized spacial score (nSPS) is 18.3. The van der Waals surface area contributed by atoms with Crippen LogP contribution in [0.4, 0.5) is 22.0 Å². The molecule has 0 spiro atoms. The standard InChI is InChI=1S/C24H22F5N3O4/c25-23(26,17-3-1-2-4-19(17)36-13-24(27,28)29)12-30-10-14-5-6-16-15(9-14)11-32(22(16)35)18-7-8-20(33)31-21(18)34/h1-6,9,18,30H,7-8,10-13H2,(H,31,33,34). The van der Waals surface area contributed by atoms with Crippen LogP contribution in [0.25, 0.3) is 0 Å². The van der Waals surface area contributed by atoms with Crippen molar-refractivity contribution in [2.45, 2.75) is 44.1 Å². The maximum atomic E-state index is 14.8. The number of amides is 3. The van der Waals surface area contributed by atoms with Gasteiger partial charge in [0.05, 0.1) is 12.1 Å². The Labute approximate surface area is 202 Å². The number of carbonyl (C=O) groups excluding carboxylic acids is 3. The van der Waals surface area contributed by atoms with Gasteiger partial charge >= 0.3 is 6.18 Å². The van der Waals surface area contributed by atoms with Crippen LogP contribution in [0.2, 0.25) is 0 Å². The number of piperidine rings is 1. The predicted octanol–water partition coefficient (Wildman–Crippen LogP) is 3.27. The highest BCUT2D eigenvalue weighted by atomic mass is 19.4. The van der Waals surface area contributed by atoms with E-state index in [1.807, 2.05) is 0 Å². The molecule has 7 nitrogen and oxygen atoms in total. The molecular weight excluding hydrogens is 489 g/mol. The number of nitrogens with zero attached hydrogens (tertiary/aromatic N) is 1. The molecule has 2 heterocycles. The second-order valence-electron chi connectivity index (χ2n) is 8.60. The van der Waals surface area contributed by atoms with Crippen molar-refractivity contribution in [1.29, 1.82) is 0 Å². The van der Waals surface area contributed by atoms with E-state index >= 15 is 0 Å². The van der Waals surface area contributed by atoms with E-state index in [9.17, 15) is 36.3 Å². The Kier molecular flexibility index (Phi) is 6.98. The van der Waals surface area contributed by atoms with Crippen LogP contribution < -0.4 is 15.4 Å². The Balaban J connectivity index is 1.38. The van der Waals surface area contributed by atoms with Crippen LogP contribution in [0, 0.1) is 0 Å². The van der Waals surface area contributed by atoms with E-state index in [1.54, 1.807) is 18.2 Å². The highest BCUT2D eigenvalue weighted by Gasteiger charge is 2.39. The van der Waals surface area contributed by atoms with E-state index in [4.69, 9.17) is 0 Å². The first kappa shape index (κ1) is 25.5. The number of rotatable bonds is 8. The minimum absolute atomic E-state index is 0.00104. The summed E-state index contributed by atoms with van der Waals surface area (Å²) >= 11 is 0. The average molecular weight is 511 g/mol. The van der Waals surface area contributed by atoms with Crippen molar-refractivity contribution >= 4 is 17.7 Å². The van der Waals surface area contributed by atoms with Gasteiger partial charge < -0.3 is 15.0 Å². The van der Waals surface area contributed by atoms with E-state index < -0.39 is 48.5 Å². The van der Waals surface area contributed by atoms with Gasteiger partial charge in [0.2, 0.25) is 11.8 Å². The predicted molar refractivity (Wildman–Crippen MR) is 116 cm³/mol. The molecule has 1 fully saturated rings. The van der Waals surface area contributed by atoms with Crippen LogP contribution in [0.15, 0.2) is 42.5 Å². The number of alkyl halides is 5. The lowest BCUT2D eigenvalue weighted by atomic mass is 10.0. The Morgan fingerprint density at radius 2 is 1.81 bits per heavy atom. The van der Waals surface area contributed by atoms with E-state index in [2.05, 4.69) is 15.4 Å². The molecule has 1 saturated heterocycles. The smallest absolute Gasteiger partial charge is 0.422 e. The van der Waals surface area contributed by atoms with Gasteiger partial charge in [-0.2, -0.15) is 22.0 Å². The molecule has 2 aliphatic heterocycles. The summed E-state index contributed by atoms with van der Waals surface area (Å²) in [7, 11) is 0. The fraction of sp³-hybridized carbons (Fsp3) is 0.375. The van der Waals surface area contributed by atoms with Crippen molar-refractivity contribution in [3.8, 4) is 5.75 Å². The van der Waals surface area contributed by atoms with Gasteiger partial charge in [-0.3, -0.25) is 19.7 Å². The molecule has 2 aromatic rings. The van der Waals surface area contributed by atoms with Crippen molar-refractivity contribution < 1.29 is 41.1 Å². The monoisotopic (exact) mass is 511 g/mol. The van der Waals surface area contributed by atoms with Crippen molar-refractivity contribution in [3.05, 3.63) is 64.7 Å². The van der Waals surface area contributed by atoms with E-state index in [0.29, 0.717) is 16.7 Å². The van der Waals surface area contributed by atoms with Gasteiger partial charge in [-0.1, -0.05) is 24.3 Å². The summed E-state index contributed by atoms with van der Waals surface area (Å²) in [5.74, 6) is -5.33. The van der Waals surface area contributed by atoms with Crippen LogP contribution >= 0.6 is 0 Å². The van der Waals surface area contributed by atoms with Crippen LogP contribution in [0.1, 0.15) is 39.9 Å². The number of ether oxygens (including phenoxy) is 1. The Bertz CT molecular complexity index is 1180. The summed E-state index contributed by atoms with van der Waals surface area (Å²) in [6.45, 7) is -2.40. The van der Waals surface area contributed by atoms with Crippen molar-refractivity contribution in [3.63, 3.8) is 0 Å². The molecule has 1 atom stereocenters. The van der Waals surface area contributed by atoms with Gasteiger partial charge in [0, 0.05) is 25.1 Å². The molecule has 2 aromatic carbocycles. The van der Waals surface area contributed by atoms with Gasteiger partial charge in [-0.25, -0.2) is 0 Å². The number of nitrogens with one attached hydrogen (secondary N) is 2. The van der Waals surface area contributed by atoms with Gasteiger partial charge in [0.25, 0.3) is 11.8 Å². The van der Waals surface area contributed by atoms with Crippen molar-refractivity contribution in [2.75, 3.05) is 13.2 Å². The zero-order chi connectivity index (χ0) is 26.1. The first-order chi connectivity index (χ1) is 16.9. The zero-order valence-electron chi connectivity index (χ0n) is 18.8. The molecular formula is C24H22F5N3O4. The zero-order valence-corrected chi connectivity index (χ0v) is 18.8. The molecule has 2 N–H and O–H groups in total. The van der Waals surface area contributed by atoms with Crippen LogP contribution in [-0.4, -0.2) is 48.0 Å². The molecule has 1 unspecified atom stereocenters. The van der Waals surface area contributed by atoms with E-state index in [0.717, 1.165) is 12.1 Å². The molecule has 0 aliphatic carbocycles. The van der Waals surface area contributed by atoms with Gasteiger partial charge in [-0.15, -0.1) is 0 Å². The van der Waals surface area contributed by atoms with Crippen LogP contribution in [0.3, 0.4) is 0 Å². The third-order valence-electron chi connectivity index (χ3n) is 5.94. The summed E-state index contributed by atoms with van der Waals surface area (Å²) in [4.78, 5) is 37.7. The maximum absolute atomic E-state index is 14.8. The number of benzene rings is 2. The fourth-order valence-electron chi connectivity index (χ4n) is 4.25. The summed E-state index contributed by atoms with van der Waals surface area (Å²) in [6, 6.07) is 8.72. The second-order valence-corrected chi connectivity index (χ2v) is 8.60. The van der Waals surface area contributed by atoms with Crippen molar-refractivity contribution in [2.24, 2.45) is 0 Å². The number of imide groups is 1. The Hall–Kier alpha value is -3.54. The molecule has 192 valence electrons. The molecule has 12 heteroatoms. The largest absolute Gasteiger partial charge is 0.484 e. The van der Waals surface area contributed by atoms with E-state index in [1.165, 1.54) is 17.0 Å². The third kappa shape index (κ3) is 5.64. The van der Waals surface area contributed by atoms with Gasteiger partial charge in [-0.05, 0) is 35.7 Å². The molecule has 3 amide bonds. The topological polar surface area (TPSA) is 87.7 Å². The molecule has 0 radical (unpaired) electrons. The minimum atomic E-state index is -4.66. The van der Waals surface area contributed by atoms with Crippen LogP contribution in [-0.2, 0) is 28.6 Å². The number of hydrogen-bond donors (Lipinski definition) is 2. The van der Waals surface area contributed by atoms with Gasteiger partial charge in [0.1, 0.15) is 11.8 Å². The second kappa shape index (κ2) is 9.84. The highest BCUT2D eigenvalue weighted by Crippen LogP contribution is 2.35. The fourth-order valence-corrected chi connectivity index (χ4v) is 4.25. The lowest BCUT2D eigenvalue weighted by Gasteiger charge is -2.29. The Morgan fingerprint density at radius 1 is 1.06 bits per heavy atom. The number of halogens is 5. The highest BCUT2D eigenvalue weighted by molar-refractivity contribution is 6.05. The first-order valence-corrected chi connectivity index (χ1v) is 11.1. The lowest BCUT2D eigenvalue weighted by Crippen LogP contribution is -2.52. The van der Waals surface area contributed by atoms with Gasteiger partial charge in [0.15, 0.2) is 6.61 Å². The van der Waals surface area contributed by atoms with E-state index in [-0.39, 0.29) is 37.7 Å². The summed E-state index contributed by atoms with van der Waals surface area (Å²) in [5.41, 5.74) is 0.955. The quantitative estimate of drug-likeness (QED) is 0.420. The molecule has 0 aromatic heterocycles. The minimum Gasteiger partial charge on any atom is -0.484 e. The SMILES string of the molecule is O=C1CCC(N2Cc3cc(CNCC(F)(F)c4ccccc4OCC(F)(F)F)ccc3C2=O)C(=O)N1. The maximum Gasteiger partial charge on any atom is 0.422 e. The third-order valence-corrected chi connectivity index (χ3v) is 5.94. The number of para-hydroxylation sites is 1. The molecule has 4 rings (SSSR count). The number of carbonyl (C=O) groups is 3. The molecule has 0 bridgehead atoms. The van der Waals surface area contributed by atoms with Crippen LogP contribution in [0.5, 0.6) is 5.75 Å². The number of fused-ring (bicyclic) bond motifs is 1. The molecule has 0 saturated carbocycles. The number of hydrogen-bond acceptors (Lipinski definition) is 5.